The van der Waals surface area contributed by atoms with Gasteiger partial charge in [-0.2, -0.15) is 5.10 Å². The number of carbonyl (C=O) groups excluding carboxylic acids is 2. The number of nitrogens with one attached hydrogen (secondary N) is 1. The Hall–Kier alpha value is -2.67. The molecule has 20 heavy (non-hydrogen) atoms. The van der Waals surface area contributed by atoms with E-state index in [1.165, 1.54) is 0 Å². The Labute approximate surface area is 115 Å². The normalized spacial score (nSPS) is 11.8. The highest BCUT2D eigenvalue weighted by Crippen LogP contribution is 2.14. The molecule has 0 saturated carbocycles. The van der Waals surface area contributed by atoms with Crippen molar-refractivity contribution in [2.24, 2.45) is 5.73 Å². The van der Waals surface area contributed by atoms with Crippen LogP contribution in [0.1, 0.15) is 11.7 Å². The van der Waals surface area contributed by atoms with Crippen molar-refractivity contribution in [3.63, 3.8) is 0 Å². The quantitative estimate of drug-likeness (QED) is 0.653. The first-order chi connectivity index (χ1) is 9.58. The Kier molecular flexibility index (Phi) is 4.11. The van der Waals surface area contributed by atoms with Gasteiger partial charge in [0.05, 0.1) is 11.8 Å². The molecule has 0 saturated heterocycles. The summed E-state index contributed by atoms with van der Waals surface area (Å²) in [6, 6.07) is 8.83. The fourth-order valence-corrected chi connectivity index (χ4v) is 1.67. The molecule has 0 fully saturated rings. The number of hydrogen-bond acceptors (Lipinski definition) is 4. The highest BCUT2D eigenvalue weighted by atomic mass is 16.3. The lowest BCUT2D eigenvalue weighted by Crippen LogP contribution is -2.38. The summed E-state index contributed by atoms with van der Waals surface area (Å²) in [4.78, 5) is 21.5. The molecule has 1 atom stereocenters. The van der Waals surface area contributed by atoms with E-state index < -0.39 is 17.9 Å². The molecule has 1 heterocycles. The number of aliphatic hydroxyl groups excluding tert-OH is 1. The molecule has 7 heteroatoms. The van der Waals surface area contributed by atoms with Crippen molar-refractivity contribution < 1.29 is 14.7 Å². The lowest BCUT2D eigenvalue weighted by molar-refractivity contribution is -0.137. The van der Waals surface area contributed by atoms with Crippen LogP contribution in [0.15, 0.2) is 42.7 Å². The van der Waals surface area contributed by atoms with Crippen LogP contribution in [0.4, 0.5) is 0 Å². The van der Waals surface area contributed by atoms with Gasteiger partial charge in [0, 0.05) is 18.9 Å². The third-order valence-electron chi connectivity index (χ3n) is 2.73. The Bertz CT molecular complexity index is 593. The maximum atomic E-state index is 11.0. The number of nitrogens with zero attached hydrogens (tertiary/aromatic N) is 2. The van der Waals surface area contributed by atoms with Gasteiger partial charge >= 0.3 is 11.8 Å². The van der Waals surface area contributed by atoms with Crippen molar-refractivity contribution in [2.75, 3.05) is 6.54 Å². The first kappa shape index (κ1) is 13.8. The van der Waals surface area contributed by atoms with E-state index in [-0.39, 0.29) is 6.54 Å². The Morgan fingerprint density at radius 1 is 1.35 bits per heavy atom. The minimum atomic E-state index is -1.08. The lowest BCUT2D eigenvalue weighted by Gasteiger charge is -2.12. The zero-order valence-electron chi connectivity index (χ0n) is 10.6. The fourth-order valence-electron chi connectivity index (χ4n) is 1.67. The van der Waals surface area contributed by atoms with Gasteiger partial charge in [-0.1, -0.05) is 12.1 Å². The van der Waals surface area contributed by atoms with Gasteiger partial charge in [-0.3, -0.25) is 9.59 Å². The molecule has 0 aliphatic carbocycles. The van der Waals surface area contributed by atoms with Crippen LogP contribution < -0.4 is 11.1 Å². The lowest BCUT2D eigenvalue weighted by atomic mass is 10.1. The fraction of sp³-hybridized carbons (Fsp3) is 0.154. The summed E-state index contributed by atoms with van der Waals surface area (Å²) in [6.07, 6.45) is 2.56. The van der Waals surface area contributed by atoms with Crippen LogP contribution in [0, 0.1) is 0 Å². The number of benzene rings is 1. The van der Waals surface area contributed by atoms with Crippen molar-refractivity contribution in [2.45, 2.75) is 6.10 Å². The number of hydrogen-bond donors (Lipinski definition) is 3. The van der Waals surface area contributed by atoms with Crippen molar-refractivity contribution in [1.82, 2.24) is 15.1 Å². The molecule has 1 unspecified atom stereocenters. The van der Waals surface area contributed by atoms with Gasteiger partial charge in [-0.05, 0) is 23.8 Å². The standard InChI is InChI=1S/C13H14N4O3/c14-12(19)13(20)15-8-11(18)9-2-4-10(5-3-9)17-7-1-6-16-17/h1-7,11,18H,8H2,(H2,14,19)(H,15,20). The summed E-state index contributed by atoms with van der Waals surface area (Å²) in [6.45, 7) is -0.0805. The molecule has 1 aromatic carbocycles. The number of aliphatic hydroxyl groups is 1. The maximum absolute atomic E-state index is 11.0. The minimum absolute atomic E-state index is 0.0805. The van der Waals surface area contributed by atoms with Crippen molar-refractivity contribution in [1.29, 1.82) is 0 Å². The highest BCUT2D eigenvalue weighted by molar-refractivity contribution is 6.34. The largest absolute Gasteiger partial charge is 0.387 e. The second-order valence-electron chi connectivity index (χ2n) is 4.13. The summed E-state index contributed by atoms with van der Waals surface area (Å²) < 4.78 is 1.69. The summed E-state index contributed by atoms with van der Waals surface area (Å²) >= 11 is 0. The molecule has 0 spiro atoms. The molecule has 0 aliphatic heterocycles. The number of rotatable bonds is 4. The molecule has 0 aliphatic rings. The second kappa shape index (κ2) is 5.98. The number of nitrogens with two attached hydrogens (primary N) is 1. The number of primary amides is 1. The van der Waals surface area contributed by atoms with E-state index in [4.69, 9.17) is 5.73 Å². The van der Waals surface area contributed by atoms with E-state index >= 15 is 0 Å². The summed E-state index contributed by atoms with van der Waals surface area (Å²) in [5.41, 5.74) is 6.26. The van der Waals surface area contributed by atoms with Crippen LogP contribution in [0.25, 0.3) is 5.69 Å². The predicted octanol–water partition coefficient (Wildman–Crippen LogP) is -0.493. The molecule has 2 amide bonds. The zero-order chi connectivity index (χ0) is 14.5. The van der Waals surface area contributed by atoms with Crippen LogP contribution in [-0.2, 0) is 9.59 Å². The molecular weight excluding hydrogens is 260 g/mol. The van der Waals surface area contributed by atoms with Gasteiger partial charge in [0.25, 0.3) is 0 Å². The average molecular weight is 274 g/mol. The molecule has 2 aromatic rings. The number of carbonyl (C=O) groups is 2. The van der Waals surface area contributed by atoms with E-state index in [9.17, 15) is 14.7 Å². The number of aromatic nitrogens is 2. The van der Waals surface area contributed by atoms with Crippen LogP contribution in [0.3, 0.4) is 0 Å². The Morgan fingerprint density at radius 3 is 2.60 bits per heavy atom. The first-order valence-electron chi connectivity index (χ1n) is 5.93. The van der Waals surface area contributed by atoms with Gasteiger partial charge < -0.3 is 16.2 Å². The molecule has 0 bridgehead atoms. The average Bonchev–Trinajstić information content (AvgIpc) is 2.98. The SMILES string of the molecule is NC(=O)C(=O)NCC(O)c1ccc(-n2cccn2)cc1. The molecule has 104 valence electrons. The van der Waals surface area contributed by atoms with Crippen molar-refractivity contribution in [3.05, 3.63) is 48.3 Å². The molecule has 0 radical (unpaired) electrons. The molecule has 4 N–H and O–H groups in total. The molecular formula is C13H14N4O3. The Morgan fingerprint density at radius 2 is 2.05 bits per heavy atom. The third kappa shape index (κ3) is 3.21. The maximum Gasteiger partial charge on any atom is 0.309 e. The number of amides is 2. The smallest absolute Gasteiger partial charge is 0.309 e. The van der Waals surface area contributed by atoms with Crippen LogP contribution in [0.5, 0.6) is 0 Å². The van der Waals surface area contributed by atoms with Crippen LogP contribution in [0.2, 0.25) is 0 Å². The van der Waals surface area contributed by atoms with Crippen molar-refractivity contribution >= 4 is 11.8 Å². The first-order valence-corrected chi connectivity index (χ1v) is 5.93. The van der Waals surface area contributed by atoms with Crippen LogP contribution in [-0.4, -0.2) is 33.2 Å². The Balaban J connectivity index is 1.99. The summed E-state index contributed by atoms with van der Waals surface area (Å²) in [5.74, 6) is -2.00. The van der Waals surface area contributed by atoms with Gasteiger partial charge in [0.2, 0.25) is 0 Å². The summed E-state index contributed by atoms with van der Waals surface area (Å²) in [7, 11) is 0. The van der Waals surface area contributed by atoms with Gasteiger partial charge in [0.1, 0.15) is 0 Å². The van der Waals surface area contributed by atoms with E-state index in [0.29, 0.717) is 5.56 Å². The van der Waals surface area contributed by atoms with E-state index in [0.717, 1.165) is 5.69 Å². The van der Waals surface area contributed by atoms with Gasteiger partial charge in [0.15, 0.2) is 0 Å². The highest BCUT2D eigenvalue weighted by Gasteiger charge is 2.12. The topological polar surface area (TPSA) is 110 Å². The second-order valence-corrected chi connectivity index (χ2v) is 4.13. The van der Waals surface area contributed by atoms with Crippen LogP contribution >= 0.6 is 0 Å². The van der Waals surface area contributed by atoms with Gasteiger partial charge in [-0.15, -0.1) is 0 Å². The van der Waals surface area contributed by atoms with E-state index in [1.807, 2.05) is 6.07 Å². The zero-order valence-corrected chi connectivity index (χ0v) is 10.6. The molecule has 2 rings (SSSR count). The van der Waals surface area contributed by atoms with Crippen molar-refractivity contribution in [3.8, 4) is 5.69 Å². The minimum Gasteiger partial charge on any atom is -0.387 e. The monoisotopic (exact) mass is 274 g/mol. The molecule has 1 aromatic heterocycles. The predicted molar refractivity (Wildman–Crippen MR) is 70.7 cm³/mol. The van der Waals surface area contributed by atoms with E-state index in [2.05, 4.69) is 10.4 Å². The van der Waals surface area contributed by atoms with E-state index in [1.54, 1.807) is 41.3 Å². The third-order valence-corrected chi connectivity index (χ3v) is 2.73. The van der Waals surface area contributed by atoms with Gasteiger partial charge in [-0.25, -0.2) is 4.68 Å². The molecule has 7 nitrogen and oxygen atoms in total. The summed E-state index contributed by atoms with van der Waals surface area (Å²) in [5, 5.41) is 16.2.